The van der Waals surface area contributed by atoms with Gasteiger partial charge in [-0.3, -0.25) is 9.52 Å². The van der Waals surface area contributed by atoms with E-state index in [1.807, 2.05) is 13.8 Å². The molecule has 18 heavy (non-hydrogen) atoms. The van der Waals surface area contributed by atoms with Gasteiger partial charge in [-0.2, -0.15) is 5.10 Å². The summed E-state index contributed by atoms with van der Waals surface area (Å²) in [6.45, 7) is 4.63. The van der Waals surface area contributed by atoms with Gasteiger partial charge in [0.15, 0.2) is 5.82 Å². The molecule has 0 aliphatic carbocycles. The fourth-order valence-electron chi connectivity index (χ4n) is 1.26. The number of anilines is 1. The van der Waals surface area contributed by atoms with Gasteiger partial charge in [-0.15, -0.1) is 0 Å². The number of rotatable bonds is 7. The fourth-order valence-corrected chi connectivity index (χ4v) is 2.32. The Labute approximate surface area is 106 Å². The molecular formula is C10H18N4O3S. The third-order valence-corrected chi connectivity index (χ3v) is 3.43. The van der Waals surface area contributed by atoms with Crippen molar-refractivity contribution in [1.82, 2.24) is 15.5 Å². The molecule has 0 aliphatic heterocycles. The van der Waals surface area contributed by atoms with Gasteiger partial charge in [0.25, 0.3) is 5.56 Å². The Hall–Kier alpha value is -1.41. The van der Waals surface area contributed by atoms with Gasteiger partial charge >= 0.3 is 0 Å². The molecule has 0 spiro atoms. The Morgan fingerprint density at radius 1 is 1.39 bits per heavy atom. The number of sulfonamides is 1. The van der Waals surface area contributed by atoms with Crippen molar-refractivity contribution in [3.8, 4) is 0 Å². The lowest BCUT2D eigenvalue weighted by molar-refractivity contribution is 0.571. The van der Waals surface area contributed by atoms with Crippen molar-refractivity contribution >= 4 is 15.8 Å². The standard InChI is InChI=1S/C10H18N4O3S/c1-8(2)11-6-3-7-18(16,17)14-9-4-5-10(15)13-12-9/h4-5,8,11H,3,6-7H2,1-2H3,(H,12,14)(H,13,15). The van der Waals surface area contributed by atoms with E-state index < -0.39 is 10.0 Å². The van der Waals surface area contributed by atoms with E-state index in [0.717, 1.165) is 0 Å². The summed E-state index contributed by atoms with van der Waals surface area (Å²) in [5.74, 6) is 0.125. The van der Waals surface area contributed by atoms with Crippen molar-refractivity contribution < 1.29 is 8.42 Å². The zero-order chi connectivity index (χ0) is 13.6. The molecule has 0 aliphatic rings. The van der Waals surface area contributed by atoms with Crippen LogP contribution in [0.1, 0.15) is 20.3 Å². The lowest BCUT2D eigenvalue weighted by Crippen LogP contribution is -2.27. The molecule has 0 unspecified atom stereocenters. The van der Waals surface area contributed by atoms with Gasteiger partial charge in [0.2, 0.25) is 10.0 Å². The van der Waals surface area contributed by atoms with Gasteiger partial charge in [-0.1, -0.05) is 13.8 Å². The molecule has 1 aromatic heterocycles. The molecule has 0 saturated heterocycles. The molecule has 1 heterocycles. The number of H-pyrrole nitrogens is 1. The molecule has 102 valence electrons. The van der Waals surface area contributed by atoms with Crippen LogP contribution in [0.2, 0.25) is 0 Å². The summed E-state index contributed by atoms with van der Waals surface area (Å²) in [6.07, 6.45) is 0.511. The zero-order valence-corrected chi connectivity index (χ0v) is 11.3. The molecule has 8 heteroatoms. The lowest BCUT2D eigenvalue weighted by Gasteiger charge is -2.09. The maximum Gasteiger partial charge on any atom is 0.264 e. The van der Waals surface area contributed by atoms with E-state index in [9.17, 15) is 13.2 Å². The molecule has 0 amide bonds. The van der Waals surface area contributed by atoms with Gasteiger partial charge in [0.1, 0.15) is 0 Å². The highest BCUT2D eigenvalue weighted by atomic mass is 32.2. The Morgan fingerprint density at radius 3 is 2.67 bits per heavy atom. The van der Waals surface area contributed by atoms with E-state index in [0.29, 0.717) is 19.0 Å². The number of nitrogens with zero attached hydrogens (tertiary/aromatic N) is 1. The van der Waals surface area contributed by atoms with Crippen molar-refractivity contribution in [2.24, 2.45) is 0 Å². The van der Waals surface area contributed by atoms with Crippen LogP contribution in [0.15, 0.2) is 16.9 Å². The van der Waals surface area contributed by atoms with Crippen molar-refractivity contribution in [3.63, 3.8) is 0 Å². The molecule has 0 saturated carbocycles. The first-order valence-electron chi connectivity index (χ1n) is 5.69. The number of hydrogen-bond donors (Lipinski definition) is 3. The molecule has 1 rings (SSSR count). The zero-order valence-electron chi connectivity index (χ0n) is 10.4. The van der Waals surface area contributed by atoms with Gasteiger partial charge in [0.05, 0.1) is 5.75 Å². The van der Waals surface area contributed by atoms with Crippen LogP contribution in [0.25, 0.3) is 0 Å². The normalized spacial score (nSPS) is 11.7. The monoisotopic (exact) mass is 274 g/mol. The molecule has 1 aromatic rings. The maximum atomic E-state index is 11.7. The van der Waals surface area contributed by atoms with E-state index >= 15 is 0 Å². The number of nitrogens with one attached hydrogen (secondary N) is 3. The van der Waals surface area contributed by atoms with Crippen LogP contribution in [0, 0.1) is 0 Å². The van der Waals surface area contributed by atoms with Crippen LogP contribution >= 0.6 is 0 Å². The summed E-state index contributed by atoms with van der Waals surface area (Å²) in [7, 11) is -3.42. The smallest absolute Gasteiger partial charge is 0.264 e. The Morgan fingerprint density at radius 2 is 2.11 bits per heavy atom. The summed E-state index contributed by atoms with van der Waals surface area (Å²) in [5.41, 5.74) is -0.376. The van der Waals surface area contributed by atoms with Crippen LogP contribution in [0.3, 0.4) is 0 Å². The van der Waals surface area contributed by atoms with Crippen molar-refractivity contribution in [2.75, 3.05) is 17.0 Å². The highest BCUT2D eigenvalue weighted by molar-refractivity contribution is 7.92. The van der Waals surface area contributed by atoms with E-state index in [1.54, 1.807) is 0 Å². The minimum atomic E-state index is -3.42. The molecular weight excluding hydrogens is 256 g/mol. The highest BCUT2D eigenvalue weighted by Gasteiger charge is 2.10. The second kappa shape index (κ2) is 6.50. The molecule has 0 atom stereocenters. The third kappa shape index (κ3) is 5.78. The van der Waals surface area contributed by atoms with Crippen LogP contribution in [0.4, 0.5) is 5.82 Å². The summed E-state index contributed by atoms with van der Waals surface area (Å²) < 4.78 is 25.6. The van der Waals surface area contributed by atoms with Crippen LogP contribution in [-0.2, 0) is 10.0 Å². The summed E-state index contributed by atoms with van der Waals surface area (Å²) in [4.78, 5) is 10.8. The minimum Gasteiger partial charge on any atom is -0.314 e. The molecule has 0 radical (unpaired) electrons. The quantitative estimate of drug-likeness (QED) is 0.602. The highest BCUT2D eigenvalue weighted by Crippen LogP contribution is 2.02. The topological polar surface area (TPSA) is 104 Å². The average molecular weight is 274 g/mol. The maximum absolute atomic E-state index is 11.7. The van der Waals surface area contributed by atoms with Crippen molar-refractivity contribution in [3.05, 3.63) is 22.5 Å². The second-order valence-corrected chi connectivity index (χ2v) is 6.03. The SMILES string of the molecule is CC(C)NCCCS(=O)(=O)Nc1ccc(=O)[nH]n1. The van der Waals surface area contributed by atoms with Gasteiger partial charge in [0, 0.05) is 12.1 Å². The minimum absolute atomic E-state index is 0.00747. The number of aromatic nitrogens is 2. The summed E-state index contributed by atoms with van der Waals surface area (Å²) in [6, 6.07) is 2.87. The Bertz CT molecular complexity index is 504. The first-order chi connectivity index (χ1) is 8.39. The van der Waals surface area contributed by atoms with Gasteiger partial charge < -0.3 is 5.32 Å². The number of aromatic amines is 1. The second-order valence-electron chi connectivity index (χ2n) is 4.19. The predicted octanol–water partition coefficient (Wildman–Crippen LogP) is -0.100. The van der Waals surface area contributed by atoms with Crippen molar-refractivity contribution in [2.45, 2.75) is 26.3 Å². The Balaban J connectivity index is 2.44. The summed E-state index contributed by atoms with van der Waals surface area (Å²) >= 11 is 0. The van der Waals surface area contributed by atoms with E-state index in [1.165, 1.54) is 12.1 Å². The summed E-state index contributed by atoms with van der Waals surface area (Å²) in [5, 5.41) is 8.87. The van der Waals surface area contributed by atoms with Gasteiger partial charge in [-0.05, 0) is 19.0 Å². The first kappa shape index (κ1) is 14.7. The third-order valence-electron chi connectivity index (χ3n) is 2.08. The largest absolute Gasteiger partial charge is 0.314 e. The predicted molar refractivity (Wildman–Crippen MR) is 70.0 cm³/mol. The molecule has 3 N–H and O–H groups in total. The lowest BCUT2D eigenvalue weighted by atomic mass is 10.4. The van der Waals surface area contributed by atoms with Crippen LogP contribution in [-0.4, -0.2) is 37.0 Å². The molecule has 0 fully saturated rings. The van der Waals surface area contributed by atoms with E-state index in [-0.39, 0.29) is 17.1 Å². The average Bonchev–Trinajstić information content (AvgIpc) is 2.27. The molecule has 7 nitrogen and oxygen atoms in total. The fraction of sp³-hybridized carbons (Fsp3) is 0.600. The molecule has 0 bridgehead atoms. The first-order valence-corrected chi connectivity index (χ1v) is 7.34. The number of hydrogen-bond acceptors (Lipinski definition) is 5. The van der Waals surface area contributed by atoms with E-state index in [2.05, 4.69) is 20.2 Å². The van der Waals surface area contributed by atoms with Crippen LogP contribution < -0.4 is 15.6 Å². The molecule has 0 aromatic carbocycles. The van der Waals surface area contributed by atoms with Crippen molar-refractivity contribution in [1.29, 1.82) is 0 Å². The Kier molecular flexibility index (Phi) is 5.29. The van der Waals surface area contributed by atoms with E-state index in [4.69, 9.17) is 0 Å². The van der Waals surface area contributed by atoms with Crippen LogP contribution in [0.5, 0.6) is 0 Å². The van der Waals surface area contributed by atoms with Gasteiger partial charge in [-0.25, -0.2) is 13.5 Å².